The van der Waals surface area contributed by atoms with Gasteiger partial charge >= 0.3 is 29.6 Å². The topological polar surface area (TPSA) is 220 Å². The van der Waals surface area contributed by atoms with E-state index in [1.807, 2.05) is 0 Å². The molecule has 0 heterocycles. The molecule has 226 valence electrons. The number of aromatic hydroxyl groups is 1. The van der Waals surface area contributed by atoms with Gasteiger partial charge in [-0.25, -0.2) is 0 Å². The minimum Gasteiger partial charge on any atom is -0.548 e. The summed E-state index contributed by atoms with van der Waals surface area (Å²) >= 11 is 0. The molecule has 0 aromatic heterocycles. The van der Waals surface area contributed by atoms with Crippen molar-refractivity contribution >= 4 is 29.2 Å². The molecule has 2 fully saturated rings. The second-order valence-corrected chi connectivity index (χ2v) is 12.0. The van der Waals surface area contributed by atoms with Gasteiger partial charge in [-0.1, -0.05) is 25.0 Å². The van der Waals surface area contributed by atoms with Crippen LogP contribution in [-0.4, -0.2) is 91.8 Å². The number of amides is 1. The first-order valence-electron chi connectivity index (χ1n) is 13.8. The number of carboxylic acid groups (broad SMARTS) is 1. The van der Waals surface area contributed by atoms with Crippen LogP contribution in [0.5, 0.6) is 5.75 Å². The Morgan fingerprint density at radius 2 is 1.72 bits per heavy atom. The van der Waals surface area contributed by atoms with Crippen LogP contribution in [0.2, 0.25) is 0 Å². The molecule has 1 amide bonds. The minimum atomic E-state index is -2.85. The van der Waals surface area contributed by atoms with E-state index in [0.717, 1.165) is 0 Å². The third-order valence-corrected chi connectivity index (χ3v) is 9.52. The van der Waals surface area contributed by atoms with E-state index in [1.165, 1.54) is 44.1 Å². The number of ketones is 2. The van der Waals surface area contributed by atoms with Gasteiger partial charge in [0.25, 0.3) is 5.91 Å². The van der Waals surface area contributed by atoms with Crippen molar-refractivity contribution in [3.63, 3.8) is 0 Å². The summed E-state index contributed by atoms with van der Waals surface area (Å²) in [4.78, 5) is 54.2. The van der Waals surface area contributed by atoms with E-state index < -0.39 is 93.1 Å². The number of nitrogens with one attached hydrogen (secondary N) is 2. The first-order valence-corrected chi connectivity index (χ1v) is 13.8. The average Bonchev–Trinajstić information content (AvgIpc) is 3.39. The number of phenolic OH excluding ortho intramolecular Hbond substituents is 1. The maximum atomic E-state index is 14.1. The second kappa shape index (κ2) is 11.3. The number of hydrogen-bond acceptors (Lipinski definition) is 12. The van der Waals surface area contributed by atoms with Gasteiger partial charge in [0, 0.05) is 17.4 Å². The van der Waals surface area contributed by atoms with Crippen LogP contribution in [0, 0.1) is 11.8 Å². The Bertz CT molecular complexity index is 1460. The number of aliphatic hydroxyl groups excluding tert-OH is 2. The maximum Gasteiger partial charge on any atom is 1.00 e. The number of aliphatic hydroxyl groups is 4. The molecule has 0 aliphatic heterocycles. The van der Waals surface area contributed by atoms with Crippen LogP contribution in [0.25, 0.3) is 5.76 Å². The molecule has 7 N–H and O–H groups in total. The SMILES string of the molecule is CN(C)[C@@H]1C(=O)C(C(=O)NCNC2(C(=O)[O-])CCCC2)=C(O)[C@@]2(O)C(=O)C3=C(O)c4c(O)cccc4[C@@](C)(O)[C@H]3C[C@@H]12.[Na+]. The first-order chi connectivity index (χ1) is 19.6. The molecule has 0 spiro atoms. The number of phenols is 1. The van der Waals surface area contributed by atoms with Crippen molar-refractivity contribution in [1.29, 1.82) is 0 Å². The Kier molecular flexibility index (Phi) is 8.70. The number of nitrogens with zero attached hydrogens (tertiary/aromatic N) is 1. The van der Waals surface area contributed by atoms with E-state index in [1.54, 1.807) is 0 Å². The monoisotopic (exact) mass is 607 g/mol. The Morgan fingerprint density at radius 1 is 1.09 bits per heavy atom. The van der Waals surface area contributed by atoms with Crippen LogP contribution >= 0.6 is 0 Å². The molecule has 13 nitrogen and oxygen atoms in total. The fraction of sp³-hybridized carbons (Fsp3) is 0.517. The van der Waals surface area contributed by atoms with Gasteiger partial charge in [-0.15, -0.1) is 0 Å². The van der Waals surface area contributed by atoms with Crippen molar-refractivity contribution in [2.24, 2.45) is 11.8 Å². The molecule has 2 saturated carbocycles. The molecule has 1 aromatic rings. The average molecular weight is 608 g/mol. The largest absolute Gasteiger partial charge is 1.00 e. The number of benzene rings is 1. The molecule has 0 saturated heterocycles. The van der Waals surface area contributed by atoms with E-state index in [-0.39, 0.29) is 59.9 Å². The predicted octanol–water partition coefficient (Wildman–Crippen LogP) is -4.13. The molecular formula is C29H34N3NaO10. The summed E-state index contributed by atoms with van der Waals surface area (Å²) in [5.41, 5.74) is -7.46. The van der Waals surface area contributed by atoms with Crippen molar-refractivity contribution in [2.75, 3.05) is 20.8 Å². The van der Waals surface area contributed by atoms with Crippen LogP contribution in [0.3, 0.4) is 0 Å². The predicted molar refractivity (Wildman–Crippen MR) is 143 cm³/mol. The summed E-state index contributed by atoms with van der Waals surface area (Å²) in [5, 5.41) is 73.3. The van der Waals surface area contributed by atoms with Gasteiger partial charge in [0.15, 0.2) is 11.4 Å². The van der Waals surface area contributed by atoms with E-state index in [9.17, 15) is 49.8 Å². The molecule has 14 heteroatoms. The van der Waals surface area contributed by atoms with Gasteiger partial charge in [-0.2, -0.15) is 0 Å². The molecule has 4 aliphatic rings. The number of fused-ring (bicyclic) bond motifs is 3. The number of Topliss-reactive ketones (excluding diaryl/α,β-unsaturated/α-hetero) is 2. The normalized spacial score (nSPS) is 31.3. The van der Waals surface area contributed by atoms with Crippen molar-refractivity contribution in [2.45, 2.75) is 61.8 Å². The van der Waals surface area contributed by atoms with Crippen molar-refractivity contribution in [3.8, 4) is 5.75 Å². The number of rotatable bonds is 6. The van der Waals surface area contributed by atoms with Gasteiger partial charge < -0.3 is 40.8 Å². The summed E-state index contributed by atoms with van der Waals surface area (Å²) in [5.74, 6) is -9.41. The van der Waals surface area contributed by atoms with Crippen molar-refractivity contribution in [3.05, 3.63) is 46.2 Å². The third-order valence-electron chi connectivity index (χ3n) is 9.52. The molecule has 5 rings (SSSR count). The number of carbonyl (C=O) groups is 4. The fourth-order valence-corrected chi connectivity index (χ4v) is 7.30. The van der Waals surface area contributed by atoms with E-state index in [4.69, 9.17) is 0 Å². The zero-order valence-corrected chi connectivity index (χ0v) is 26.4. The molecule has 4 aliphatic carbocycles. The van der Waals surface area contributed by atoms with Gasteiger partial charge in [-0.05, 0) is 51.9 Å². The zero-order chi connectivity index (χ0) is 30.9. The summed E-state index contributed by atoms with van der Waals surface area (Å²) in [6.45, 7) is 0.979. The van der Waals surface area contributed by atoms with Gasteiger partial charge in [0.1, 0.15) is 22.8 Å². The van der Waals surface area contributed by atoms with Crippen LogP contribution in [0.15, 0.2) is 35.1 Å². The van der Waals surface area contributed by atoms with Crippen molar-refractivity contribution in [1.82, 2.24) is 15.5 Å². The fourth-order valence-electron chi connectivity index (χ4n) is 7.30. The smallest absolute Gasteiger partial charge is 0.548 e. The summed E-state index contributed by atoms with van der Waals surface area (Å²) in [6.07, 6.45) is 1.57. The molecule has 0 radical (unpaired) electrons. The van der Waals surface area contributed by atoms with Crippen molar-refractivity contribution < 1.29 is 79.4 Å². The summed E-state index contributed by atoms with van der Waals surface area (Å²) in [6, 6.07) is 2.89. The minimum absolute atomic E-state index is 0. The Balaban J connectivity index is 0.00000423. The number of hydrogen-bond donors (Lipinski definition) is 7. The Labute approximate surface area is 269 Å². The van der Waals surface area contributed by atoms with Gasteiger partial charge in [0.05, 0.1) is 35.4 Å². The molecule has 1 aromatic carbocycles. The van der Waals surface area contributed by atoms with Gasteiger partial charge in [-0.3, -0.25) is 24.6 Å². The van der Waals surface area contributed by atoms with Crippen LogP contribution in [0.1, 0.15) is 50.2 Å². The van der Waals surface area contributed by atoms with E-state index in [2.05, 4.69) is 10.6 Å². The summed E-state index contributed by atoms with van der Waals surface area (Å²) in [7, 11) is 2.98. The van der Waals surface area contributed by atoms with Crippen LogP contribution < -0.4 is 45.3 Å². The Morgan fingerprint density at radius 3 is 2.30 bits per heavy atom. The van der Waals surface area contributed by atoms with E-state index in [0.29, 0.717) is 12.8 Å². The molecular weight excluding hydrogens is 573 g/mol. The summed E-state index contributed by atoms with van der Waals surface area (Å²) < 4.78 is 0. The quantitative estimate of drug-likeness (QED) is 0.0932. The number of aliphatic carboxylic acids is 1. The van der Waals surface area contributed by atoms with Gasteiger partial charge in [0.2, 0.25) is 5.78 Å². The van der Waals surface area contributed by atoms with Crippen LogP contribution in [-0.2, 0) is 24.8 Å². The maximum absolute atomic E-state index is 14.1. The number of carbonyl (C=O) groups excluding carboxylic acids is 4. The Hall–Kier alpha value is -2.78. The zero-order valence-electron chi connectivity index (χ0n) is 24.4. The third kappa shape index (κ3) is 4.73. The number of likely N-dealkylation sites (N-methyl/N-ethyl adjacent to an activating group) is 1. The van der Waals surface area contributed by atoms with E-state index >= 15 is 0 Å². The standard InChI is InChI=1S/C29H35N3O10.Na/c1-27(41)13-7-6-8-16(33)17(13)21(34)18-14(27)11-15-20(32(2)3)22(35)19(24(37)29(15,42)23(18)36)25(38)30-12-31-28(26(39)40)9-4-5-10-28;/h6-8,14-15,20,31,33-34,37,41-42H,4-5,9-12H2,1-3H3,(H,30,38)(H,39,40);/q;+1/p-1/t14-,15-,20-,27+,29-;/m0./s1. The molecule has 0 bridgehead atoms. The number of carboxylic acids is 1. The molecule has 5 atom stereocenters. The van der Waals surface area contributed by atoms with Crippen LogP contribution in [0.4, 0.5) is 0 Å². The molecule has 43 heavy (non-hydrogen) atoms. The second-order valence-electron chi connectivity index (χ2n) is 12.0. The first kappa shape index (κ1) is 33.1. The molecule has 0 unspecified atom stereocenters.